The molecule has 9 heteroatoms. The van der Waals surface area contributed by atoms with E-state index in [-0.39, 0.29) is 12.3 Å². The molecule has 39 heavy (non-hydrogen) atoms. The van der Waals surface area contributed by atoms with Gasteiger partial charge in [-0.2, -0.15) is 0 Å². The number of hydrogen-bond acceptors (Lipinski definition) is 5. The number of hydrogen-bond donors (Lipinski definition) is 2. The summed E-state index contributed by atoms with van der Waals surface area (Å²) < 4.78 is 2.01. The van der Waals surface area contributed by atoms with Gasteiger partial charge in [-0.25, -0.2) is 0 Å². The van der Waals surface area contributed by atoms with Crippen LogP contribution in [0.25, 0.3) is 16.8 Å². The van der Waals surface area contributed by atoms with E-state index in [0.29, 0.717) is 23.4 Å². The average molecular weight is 558 g/mol. The molecule has 1 atom stereocenters. The summed E-state index contributed by atoms with van der Waals surface area (Å²) in [5.41, 5.74) is 6.75. The smallest absolute Gasteiger partial charge is 0.222 e. The van der Waals surface area contributed by atoms with Crippen molar-refractivity contribution >= 4 is 31.5 Å². The van der Waals surface area contributed by atoms with Crippen molar-refractivity contribution in [3.63, 3.8) is 0 Å². The molecule has 2 N–H and O–H groups in total. The second-order valence-electron chi connectivity index (χ2n) is 10.5. The molecule has 1 amide bonds. The van der Waals surface area contributed by atoms with Gasteiger partial charge in [-0.15, -0.1) is 10.2 Å². The van der Waals surface area contributed by atoms with Crippen LogP contribution >= 0.6 is 11.6 Å². The minimum atomic E-state index is -2.19. The van der Waals surface area contributed by atoms with E-state index >= 15 is 0 Å². The third-order valence-electron chi connectivity index (χ3n) is 6.72. The van der Waals surface area contributed by atoms with Crippen LogP contribution in [0.15, 0.2) is 71.7 Å². The quantitative estimate of drug-likeness (QED) is 0.290. The number of nitrogens with zero attached hydrogens (tertiary/aromatic N) is 4. The minimum Gasteiger partial charge on any atom is -0.432 e. The summed E-state index contributed by atoms with van der Waals surface area (Å²) in [6, 6.07) is 22.5. The molecule has 1 aliphatic heterocycles. The van der Waals surface area contributed by atoms with E-state index < -0.39 is 14.4 Å². The number of rotatable bonds is 7. The zero-order valence-corrected chi connectivity index (χ0v) is 24.3. The summed E-state index contributed by atoms with van der Waals surface area (Å²) in [7, 11) is -2.19. The lowest BCUT2D eigenvalue weighted by Gasteiger charge is -2.16. The van der Waals surface area contributed by atoms with E-state index in [2.05, 4.69) is 58.0 Å². The molecule has 7 nitrogen and oxygen atoms in total. The van der Waals surface area contributed by atoms with Crippen molar-refractivity contribution in [3.05, 3.63) is 100 Å². The highest BCUT2D eigenvalue weighted by molar-refractivity contribution is 6.69. The third-order valence-corrected chi connectivity index (χ3v) is 8.25. The van der Waals surface area contributed by atoms with Crippen molar-refractivity contribution in [2.45, 2.75) is 45.4 Å². The molecule has 0 aliphatic carbocycles. The highest BCUT2D eigenvalue weighted by Crippen LogP contribution is 2.35. The number of nitrogens with one attached hydrogen (secondary N) is 1. The van der Waals surface area contributed by atoms with Gasteiger partial charge in [0.15, 0.2) is 14.1 Å². The molecule has 200 valence electrons. The Morgan fingerprint density at radius 2 is 1.67 bits per heavy atom. The molecule has 5 rings (SSSR count). The molecule has 0 unspecified atom stereocenters. The van der Waals surface area contributed by atoms with Crippen molar-refractivity contribution in [2.24, 2.45) is 4.99 Å². The van der Waals surface area contributed by atoms with Gasteiger partial charge in [-0.1, -0.05) is 54.1 Å². The molecule has 0 spiro atoms. The van der Waals surface area contributed by atoms with Crippen LogP contribution in [0, 0.1) is 6.92 Å². The molecule has 1 aliphatic rings. The predicted molar refractivity (Wildman–Crippen MR) is 158 cm³/mol. The van der Waals surface area contributed by atoms with Crippen LogP contribution in [0.3, 0.4) is 0 Å². The maximum Gasteiger partial charge on any atom is 0.222 e. The van der Waals surface area contributed by atoms with Gasteiger partial charge >= 0.3 is 0 Å². The zero-order valence-electron chi connectivity index (χ0n) is 22.6. The standard InChI is InChI=1S/C30H32ClN5O2Si/c1-5-32-28(37)17-26-30-35-34-19(2)36(30)27-15-12-23(21-8-6-20(7-9-21)18-39(3,4)38)16-25(27)29(33-26)22-10-13-24(31)14-11-22/h6-16,26,38H,5,17-18H2,1-4H3,(H,32,37)/t26-/m0/s1. The van der Waals surface area contributed by atoms with E-state index in [9.17, 15) is 9.59 Å². The Hall–Kier alpha value is -3.59. The van der Waals surface area contributed by atoms with Crippen molar-refractivity contribution in [1.29, 1.82) is 0 Å². The monoisotopic (exact) mass is 557 g/mol. The second-order valence-corrected chi connectivity index (χ2v) is 14.9. The number of halogens is 1. The molecular weight excluding hydrogens is 526 g/mol. The summed E-state index contributed by atoms with van der Waals surface area (Å²) in [5, 5.41) is 12.3. The van der Waals surface area contributed by atoms with Gasteiger partial charge in [0, 0.05) is 22.7 Å². The van der Waals surface area contributed by atoms with Crippen LogP contribution in [-0.4, -0.2) is 46.0 Å². The molecule has 2 heterocycles. The third kappa shape index (κ3) is 5.88. The van der Waals surface area contributed by atoms with E-state index in [1.807, 2.05) is 55.8 Å². The number of aromatic nitrogens is 3. The van der Waals surface area contributed by atoms with Crippen LogP contribution in [0.4, 0.5) is 0 Å². The Morgan fingerprint density at radius 3 is 2.33 bits per heavy atom. The molecule has 3 aromatic carbocycles. The van der Waals surface area contributed by atoms with Crippen LogP contribution in [0.1, 0.15) is 47.7 Å². The van der Waals surface area contributed by atoms with Gasteiger partial charge < -0.3 is 10.1 Å². The van der Waals surface area contributed by atoms with E-state index in [4.69, 9.17) is 16.6 Å². The maximum absolute atomic E-state index is 12.7. The predicted octanol–water partition coefficient (Wildman–Crippen LogP) is 5.59. The number of aryl methyl sites for hydroxylation is 1. The van der Waals surface area contributed by atoms with Gasteiger partial charge in [0.2, 0.25) is 5.91 Å². The summed E-state index contributed by atoms with van der Waals surface area (Å²) in [5.74, 6) is 1.28. The van der Waals surface area contributed by atoms with E-state index in [1.54, 1.807) is 0 Å². The fourth-order valence-electron chi connectivity index (χ4n) is 5.01. The number of carbonyl (C=O) groups is 1. The Bertz CT molecular complexity index is 1540. The normalized spacial score (nSPS) is 14.7. The fraction of sp³-hybridized carbons (Fsp3) is 0.267. The second kappa shape index (κ2) is 10.9. The summed E-state index contributed by atoms with van der Waals surface area (Å²) in [4.78, 5) is 28.2. The lowest BCUT2D eigenvalue weighted by Crippen LogP contribution is -2.28. The zero-order chi connectivity index (χ0) is 27.7. The van der Waals surface area contributed by atoms with E-state index in [1.165, 1.54) is 0 Å². The fourth-order valence-corrected chi connectivity index (χ4v) is 6.37. The van der Waals surface area contributed by atoms with Crippen molar-refractivity contribution < 1.29 is 9.59 Å². The van der Waals surface area contributed by atoms with E-state index in [0.717, 1.165) is 45.0 Å². The molecule has 0 saturated heterocycles. The van der Waals surface area contributed by atoms with Gasteiger partial charge in [-0.3, -0.25) is 14.4 Å². The Labute approximate surface area is 234 Å². The lowest BCUT2D eigenvalue weighted by molar-refractivity contribution is -0.121. The first kappa shape index (κ1) is 27.0. The number of carbonyl (C=O) groups excluding carboxylic acids is 1. The largest absolute Gasteiger partial charge is 0.432 e. The molecular formula is C30H32ClN5O2Si. The molecule has 1 aromatic heterocycles. The number of benzene rings is 3. The first-order chi connectivity index (χ1) is 18.6. The Morgan fingerprint density at radius 1 is 1.00 bits per heavy atom. The van der Waals surface area contributed by atoms with Gasteiger partial charge in [-0.05, 0) is 73.9 Å². The Kier molecular flexibility index (Phi) is 7.53. The molecule has 4 aromatic rings. The highest BCUT2D eigenvalue weighted by atomic mass is 35.5. The van der Waals surface area contributed by atoms with Crippen LogP contribution in [-0.2, 0) is 10.8 Å². The Balaban J connectivity index is 1.66. The molecule has 0 bridgehead atoms. The highest BCUT2D eigenvalue weighted by Gasteiger charge is 2.30. The topological polar surface area (TPSA) is 92.4 Å². The summed E-state index contributed by atoms with van der Waals surface area (Å²) in [6.07, 6.45) is 0.163. The lowest BCUT2D eigenvalue weighted by atomic mass is 9.95. The molecule has 0 fully saturated rings. The van der Waals surface area contributed by atoms with Gasteiger partial charge in [0.25, 0.3) is 0 Å². The van der Waals surface area contributed by atoms with Crippen LogP contribution in [0.2, 0.25) is 18.1 Å². The molecule has 0 radical (unpaired) electrons. The number of aliphatic imine (C=N–C) groups is 1. The van der Waals surface area contributed by atoms with Crippen molar-refractivity contribution in [2.75, 3.05) is 6.54 Å². The molecule has 0 saturated carbocycles. The van der Waals surface area contributed by atoms with Crippen LogP contribution < -0.4 is 5.32 Å². The number of fused-ring (bicyclic) bond motifs is 3. The van der Waals surface area contributed by atoms with Crippen molar-refractivity contribution in [1.82, 2.24) is 20.1 Å². The minimum absolute atomic E-state index is 0.0882. The SMILES string of the molecule is CCNC(=O)C[C@@H]1N=C(c2ccc(Cl)cc2)c2cc(-c3ccc(C[Si](C)(C)O)cc3)ccc2-n2c(C)nnc21. The average Bonchev–Trinajstić information content (AvgIpc) is 3.21. The van der Waals surface area contributed by atoms with Crippen molar-refractivity contribution in [3.8, 4) is 16.8 Å². The summed E-state index contributed by atoms with van der Waals surface area (Å²) >= 11 is 6.22. The first-order valence-electron chi connectivity index (χ1n) is 13.1. The van der Waals surface area contributed by atoms with Gasteiger partial charge in [0.05, 0.1) is 17.8 Å². The number of amides is 1. The summed E-state index contributed by atoms with van der Waals surface area (Å²) in [6.45, 7) is 8.26. The maximum atomic E-state index is 12.7. The van der Waals surface area contributed by atoms with Gasteiger partial charge in [0.1, 0.15) is 11.9 Å². The van der Waals surface area contributed by atoms with Crippen LogP contribution in [0.5, 0.6) is 0 Å². The first-order valence-corrected chi connectivity index (χ1v) is 16.6.